The Hall–Kier alpha value is -2.33. The number of methoxy groups -OCH3 is 1. The molecule has 2 aromatic carbocycles. The lowest BCUT2D eigenvalue weighted by Gasteiger charge is -2.21. The van der Waals surface area contributed by atoms with Gasteiger partial charge in [0.1, 0.15) is 5.75 Å². The minimum atomic E-state index is -0.328. The summed E-state index contributed by atoms with van der Waals surface area (Å²) in [6, 6.07) is 15.8. The highest BCUT2D eigenvalue weighted by atomic mass is 16.5. The van der Waals surface area contributed by atoms with Crippen LogP contribution in [0.4, 0.5) is 5.69 Å². The summed E-state index contributed by atoms with van der Waals surface area (Å²) in [7, 11) is 1.59. The van der Waals surface area contributed by atoms with Crippen molar-refractivity contribution in [2.45, 2.75) is 46.2 Å². The van der Waals surface area contributed by atoms with Crippen molar-refractivity contribution in [2.75, 3.05) is 12.4 Å². The lowest BCUT2D eigenvalue weighted by atomic mass is 9.99. The molecule has 2 atom stereocenters. The number of rotatable bonds is 8. The van der Waals surface area contributed by atoms with Crippen LogP contribution in [0.3, 0.4) is 0 Å². The average molecular weight is 354 g/mol. The Morgan fingerprint density at radius 2 is 1.65 bits per heavy atom. The normalized spacial score (nSPS) is 13.3. The van der Waals surface area contributed by atoms with E-state index in [4.69, 9.17) is 4.74 Å². The molecule has 0 bridgehead atoms. The van der Waals surface area contributed by atoms with Crippen LogP contribution < -0.4 is 15.4 Å². The van der Waals surface area contributed by atoms with Crippen LogP contribution in [0.1, 0.15) is 44.9 Å². The number of hydrogen-bond donors (Lipinski definition) is 2. The number of carbonyl (C=O) groups is 1. The van der Waals surface area contributed by atoms with Crippen molar-refractivity contribution in [1.82, 2.24) is 5.32 Å². The monoisotopic (exact) mass is 354 g/mol. The van der Waals surface area contributed by atoms with Gasteiger partial charge in [0.2, 0.25) is 5.91 Å². The Balaban J connectivity index is 1.95. The summed E-state index contributed by atoms with van der Waals surface area (Å²) in [6.45, 7) is 8.39. The topological polar surface area (TPSA) is 50.4 Å². The molecular weight excluding hydrogens is 324 g/mol. The third kappa shape index (κ3) is 5.60. The van der Waals surface area contributed by atoms with E-state index in [0.717, 1.165) is 6.42 Å². The van der Waals surface area contributed by atoms with Crippen LogP contribution in [0.2, 0.25) is 0 Å². The molecule has 0 heterocycles. The van der Waals surface area contributed by atoms with Gasteiger partial charge in [-0.05, 0) is 49.4 Å². The minimum Gasteiger partial charge on any atom is -0.495 e. The molecule has 0 fully saturated rings. The lowest BCUT2D eigenvalue weighted by Crippen LogP contribution is -2.39. The first-order valence-corrected chi connectivity index (χ1v) is 9.19. The quantitative estimate of drug-likeness (QED) is 0.730. The second-order valence-corrected chi connectivity index (χ2v) is 7.14. The number of carbonyl (C=O) groups excluding carboxylic acids is 1. The molecule has 0 saturated carbocycles. The molecule has 4 nitrogen and oxygen atoms in total. The summed E-state index contributed by atoms with van der Waals surface area (Å²) in [6.07, 6.45) is 1.08. The largest absolute Gasteiger partial charge is 0.495 e. The molecule has 140 valence electrons. The van der Waals surface area contributed by atoms with E-state index in [9.17, 15) is 4.79 Å². The summed E-state index contributed by atoms with van der Waals surface area (Å²) in [5.41, 5.74) is 3.20. The highest BCUT2D eigenvalue weighted by Gasteiger charge is 2.17. The molecular formula is C22H30N2O2. The van der Waals surface area contributed by atoms with E-state index in [1.807, 2.05) is 31.2 Å². The lowest BCUT2D eigenvalue weighted by molar-refractivity contribution is -0.117. The average Bonchev–Trinajstić information content (AvgIpc) is 2.62. The Labute approximate surface area is 157 Å². The third-order valence-electron chi connectivity index (χ3n) is 4.38. The molecule has 2 aromatic rings. The highest BCUT2D eigenvalue weighted by molar-refractivity contribution is 5.95. The zero-order chi connectivity index (χ0) is 19.1. The second-order valence-electron chi connectivity index (χ2n) is 7.14. The fourth-order valence-corrected chi connectivity index (χ4v) is 2.95. The van der Waals surface area contributed by atoms with Gasteiger partial charge in [0.25, 0.3) is 0 Å². The number of para-hydroxylation sites is 2. The van der Waals surface area contributed by atoms with E-state index in [0.29, 0.717) is 17.4 Å². The fraction of sp³-hybridized carbons (Fsp3) is 0.409. The minimum absolute atomic E-state index is 0.0847. The molecule has 2 rings (SSSR count). The predicted molar refractivity (Wildman–Crippen MR) is 108 cm³/mol. The van der Waals surface area contributed by atoms with E-state index < -0.39 is 0 Å². The standard InChI is InChI=1S/C22H30N2O2/c1-15(2)14-18-10-12-19(13-11-18)16(3)23-17(4)22(25)24-20-8-6-7-9-21(20)26-5/h6-13,15-17,23H,14H2,1-5H3,(H,24,25)/t16-,17+/m0/s1. The van der Waals surface area contributed by atoms with Gasteiger partial charge in [0.15, 0.2) is 0 Å². The van der Waals surface area contributed by atoms with Crippen LogP contribution in [-0.4, -0.2) is 19.1 Å². The maximum absolute atomic E-state index is 12.5. The fourth-order valence-electron chi connectivity index (χ4n) is 2.95. The van der Waals surface area contributed by atoms with Gasteiger partial charge in [-0.3, -0.25) is 10.1 Å². The Kier molecular flexibility index (Phi) is 7.22. The number of ether oxygens (including phenoxy) is 1. The summed E-state index contributed by atoms with van der Waals surface area (Å²) >= 11 is 0. The van der Waals surface area contributed by atoms with Gasteiger partial charge in [-0.1, -0.05) is 50.2 Å². The van der Waals surface area contributed by atoms with Gasteiger partial charge in [0, 0.05) is 6.04 Å². The SMILES string of the molecule is COc1ccccc1NC(=O)[C@@H](C)N[C@@H](C)c1ccc(CC(C)C)cc1. The maximum Gasteiger partial charge on any atom is 0.241 e. The second kappa shape index (κ2) is 9.39. The molecule has 1 amide bonds. The number of nitrogens with one attached hydrogen (secondary N) is 2. The smallest absolute Gasteiger partial charge is 0.241 e. The van der Waals surface area contributed by atoms with E-state index >= 15 is 0 Å². The van der Waals surface area contributed by atoms with Crippen molar-refractivity contribution in [3.8, 4) is 5.75 Å². The van der Waals surface area contributed by atoms with E-state index in [-0.39, 0.29) is 18.0 Å². The van der Waals surface area contributed by atoms with E-state index in [1.54, 1.807) is 7.11 Å². The van der Waals surface area contributed by atoms with Crippen LogP contribution in [0, 0.1) is 5.92 Å². The Morgan fingerprint density at radius 1 is 1.00 bits per heavy atom. The first-order chi connectivity index (χ1) is 12.4. The highest BCUT2D eigenvalue weighted by Crippen LogP contribution is 2.23. The molecule has 0 aromatic heterocycles. The molecule has 2 N–H and O–H groups in total. The first-order valence-electron chi connectivity index (χ1n) is 9.19. The summed E-state index contributed by atoms with van der Waals surface area (Å²) in [5, 5.41) is 6.28. The van der Waals surface area contributed by atoms with Crippen molar-refractivity contribution in [1.29, 1.82) is 0 Å². The van der Waals surface area contributed by atoms with Crippen molar-refractivity contribution in [3.05, 3.63) is 59.7 Å². The Bertz CT molecular complexity index is 710. The van der Waals surface area contributed by atoms with Gasteiger partial charge < -0.3 is 10.1 Å². The van der Waals surface area contributed by atoms with Gasteiger partial charge in [0.05, 0.1) is 18.8 Å². The van der Waals surface area contributed by atoms with Crippen molar-refractivity contribution < 1.29 is 9.53 Å². The van der Waals surface area contributed by atoms with E-state index in [1.165, 1.54) is 11.1 Å². The van der Waals surface area contributed by atoms with Crippen molar-refractivity contribution >= 4 is 11.6 Å². The van der Waals surface area contributed by atoms with Gasteiger partial charge in [-0.2, -0.15) is 0 Å². The summed E-state index contributed by atoms with van der Waals surface area (Å²) < 4.78 is 5.28. The van der Waals surface area contributed by atoms with Crippen molar-refractivity contribution in [3.63, 3.8) is 0 Å². The summed E-state index contributed by atoms with van der Waals surface area (Å²) in [5.74, 6) is 1.22. The third-order valence-corrected chi connectivity index (χ3v) is 4.38. The molecule has 26 heavy (non-hydrogen) atoms. The van der Waals surface area contributed by atoms with Crippen LogP contribution in [-0.2, 0) is 11.2 Å². The van der Waals surface area contributed by atoms with Gasteiger partial charge in [-0.25, -0.2) is 0 Å². The molecule has 0 unspecified atom stereocenters. The Morgan fingerprint density at radius 3 is 2.27 bits per heavy atom. The van der Waals surface area contributed by atoms with Gasteiger partial charge in [-0.15, -0.1) is 0 Å². The van der Waals surface area contributed by atoms with E-state index in [2.05, 4.69) is 55.7 Å². The molecule has 0 aliphatic heterocycles. The van der Waals surface area contributed by atoms with Crippen LogP contribution in [0.15, 0.2) is 48.5 Å². The molecule has 4 heteroatoms. The maximum atomic E-state index is 12.5. The van der Waals surface area contributed by atoms with Gasteiger partial charge >= 0.3 is 0 Å². The summed E-state index contributed by atoms with van der Waals surface area (Å²) in [4.78, 5) is 12.5. The van der Waals surface area contributed by atoms with Crippen LogP contribution in [0.5, 0.6) is 5.75 Å². The number of benzene rings is 2. The van der Waals surface area contributed by atoms with Crippen LogP contribution >= 0.6 is 0 Å². The molecule has 0 aliphatic carbocycles. The first kappa shape index (κ1) is 20.0. The molecule has 0 radical (unpaired) electrons. The molecule has 0 spiro atoms. The predicted octanol–water partition coefficient (Wildman–Crippen LogP) is 4.57. The zero-order valence-electron chi connectivity index (χ0n) is 16.4. The zero-order valence-corrected chi connectivity index (χ0v) is 16.4. The molecule has 0 saturated heterocycles. The van der Waals surface area contributed by atoms with Crippen LogP contribution in [0.25, 0.3) is 0 Å². The number of hydrogen-bond acceptors (Lipinski definition) is 3. The number of amides is 1. The number of anilines is 1. The van der Waals surface area contributed by atoms with Crippen molar-refractivity contribution in [2.24, 2.45) is 5.92 Å². The molecule has 0 aliphatic rings.